The van der Waals surface area contributed by atoms with Gasteiger partial charge in [0.1, 0.15) is 0 Å². The van der Waals surface area contributed by atoms with Gasteiger partial charge in [0, 0.05) is 18.6 Å². The number of nitrogens with one attached hydrogen (secondary N) is 1. The molecule has 1 aliphatic heterocycles. The van der Waals surface area contributed by atoms with E-state index in [1.807, 2.05) is 18.2 Å². The van der Waals surface area contributed by atoms with E-state index >= 15 is 0 Å². The highest BCUT2D eigenvalue weighted by molar-refractivity contribution is 5.83. The molecule has 1 aliphatic rings. The maximum absolute atomic E-state index is 9.04. The summed E-state index contributed by atoms with van der Waals surface area (Å²) in [5.74, 6) is 0. The van der Waals surface area contributed by atoms with Crippen LogP contribution in [0.2, 0.25) is 0 Å². The van der Waals surface area contributed by atoms with Crippen LogP contribution in [-0.2, 0) is 13.0 Å². The lowest BCUT2D eigenvalue weighted by molar-refractivity contribution is 0.172. The highest BCUT2D eigenvalue weighted by Gasteiger charge is 2.22. The first-order valence-electron chi connectivity index (χ1n) is 12.4. The molecule has 184 valence electrons. The van der Waals surface area contributed by atoms with Crippen LogP contribution >= 0.6 is 0 Å². The van der Waals surface area contributed by atoms with Crippen LogP contribution in [0.5, 0.6) is 0 Å². The number of likely N-dealkylation sites (tertiary alicyclic amines) is 1. The zero-order valence-corrected chi connectivity index (χ0v) is 21.2. The van der Waals surface area contributed by atoms with Gasteiger partial charge in [-0.05, 0) is 73.3 Å². The molecule has 4 rings (SSSR count). The Hall–Kier alpha value is -3.15. The minimum atomic E-state index is 0.0555. The number of nitriles is 1. The van der Waals surface area contributed by atoms with Crippen LogP contribution in [0, 0.1) is 24.2 Å². The summed E-state index contributed by atoms with van der Waals surface area (Å²) in [5.41, 5.74) is 3.42. The number of terminal acetylenes is 1. The first-order chi connectivity index (χ1) is 17.0. The SMILES string of the molecule is C#C.CCCC(C)(Cc1ccc2ccccc2c1)NCCO.N#Cc1cccc(CN2CCC2)c1. The lowest BCUT2D eigenvalue weighted by Crippen LogP contribution is -2.45. The molecule has 0 spiro atoms. The van der Waals surface area contributed by atoms with E-state index in [4.69, 9.17) is 10.4 Å². The van der Waals surface area contributed by atoms with E-state index in [-0.39, 0.29) is 12.1 Å². The molecular weight excluding hydrogens is 430 g/mol. The van der Waals surface area contributed by atoms with E-state index in [1.54, 1.807) is 0 Å². The molecule has 4 heteroatoms. The summed E-state index contributed by atoms with van der Waals surface area (Å²) in [4.78, 5) is 2.39. The summed E-state index contributed by atoms with van der Waals surface area (Å²) in [6.07, 6.45) is 12.6. The molecule has 0 aliphatic carbocycles. The summed E-state index contributed by atoms with van der Waals surface area (Å²) in [6, 6.07) is 25.2. The van der Waals surface area contributed by atoms with Gasteiger partial charge < -0.3 is 10.4 Å². The molecule has 0 saturated carbocycles. The van der Waals surface area contributed by atoms with Crippen molar-refractivity contribution >= 4 is 10.8 Å². The first-order valence-corrected chi connectivity index (χ1v) is 12.4. The van der Waals surface area contributed by atoms with Crippen LogP contribution in [0.25, 0.3) is 10.8 Å². The molecule has 4 nitrogen and oxygen atoms in total. The molecule has 3 aromatic rings. The highest BCUT2D eigenvalue weighted by atomic mass is 16.3. The quantitative estimate of drug-likeness (QED) is 0.404. The summed E-state index contributed by atoms with van der Waals surface area (Å²) < 4.78 is 0. The van der Waals surface area contributed by atoms with Crippen molar-refractivity contribution in [2.45, 2.75) is 51.6 Å². The number of nitrogens with zero attached hydrogens (tertiary/aromatic N) is 2. The highest BCUT2D eigenvalue weighted by Crippen LogP contribution is 2.22. The zero-order chi connectivity index (χ0) is 25.5. The second kappa shape index (κ2) is 15.0. The van der Waals surface area contributed by atoms with Gasteiger partial charge >= 0.3 is 0 Å². The fraction of sp³-hybridized carbons (Fsp3) is 0.387. The van der Waals surface area contributed by atoms with Crippen molar-refractivity contribution in [3.8, 4) is 18.9 Å². The lowest BCUT2D eigenvalue weighted by Gasteiger charge is -2.31. The summed E-state index contributed by atoms with van der Waals surface area (Å²) in [5, 5.41) is 23.8. The van der Waals surface area contributed by atoms with Crippen molar-refractivity contribution in [3.63, 3.8) is 0 Å². The molecule has 0 radical (unpaired) electrons. The van der Waals surface area contributed by atoms with Crippen LogP contribution in [0.1, 0.15) is 49.8 Å². The number of fused-ring (bicyclic) bond motifs is 1. The smallest absolute Gasteiger partial charge is 0.0991 e. The fourth-order valence-corrected chi connectivity index (χ4v) is 4.49. The predicted molar refractivity (Wildman–Crippen MR) is 147 cm³/mol. The Morgan fingerprint density at radius 3 is 2.37 bits per heavy atom. The third-order valence-electron chi connectivity index (χ3n) is 6.28. The molecular formula is C31H39N3O. The monoisotopic (exact) mass is 469 g/mol. The van der Waals surface area contributed by atoms with Crippen molar-refractivity contribution in [3.05, 3.63) is 83.4 Å². The standard InChI is InChI=1S/C18H25NO.C11H12N2.C2H2/c1-3-10-18(2,19-11-12-20)14-15-8-9-16-6-4-5-7-17(16)13-15;12-8-10-3-1-4-11(7-10)9-13-5-2-6-13;1-2/h4-9,13,19-20H,3,10-12,14H2,1-2H3;1,3-4,7H,2,5-6,9H2;1-2H. The van der Waals surface area contributed by atoms with Gasteiger partial charge in [-0.1, -0.05) is 67.9 Å². The second-order valence-corrected chi connectivity index (χ2v) is 9.26. The molecule has 0 amide bonds. The van der Waals surface area contributed by atoms with Crippen LogP contribution in [0.15, 0.2) is 66.7 Å². The molecule has 1 unspecified atom stereocenters. The largest absolute Gasteiger partial charge is 0.395 e. The van der Waals surface area contributed by atoms with Crippen LogP contribution < -0.4 is 5.32 Å². The van der Waals surface area contributed by atoms with Crippen molar-refractivity contribution < 1.29 is 5.11 Å². The van der Waals surface area contributed by atoms with Gasteiger partial charge in [-0.3, -0.25) is 4.90 Å². The lowest BCUT2D eigenvalue weighted by atomic mass is 9.87. The number of aliphatic hydroxyl groups excluding tert-OH is 1. The second-order valence-electron chi connectivity index (χ2n) is 9.26. The molecule has 35 heavy (non-hydrogen) atoms. The molecule has 2 N–H and O–H groups in total. The zero-order valence-electron chi connectivity index (χ0n) is 21.2. The van der Waals surface area contributed by atoms with E-state index in [0.29, 0.717) is 6.54 Å². The topological polar surface area (TPSA) is 59.3 Å². The Morgan fingerprint density at radius 2 is 1.74 bits per heavy atom. The van der Waals surface area contributed by atoms with E-state index < -0.39 is 0 Å². The average Bonchev–Trinajstić information content (AvgIpc) is 2.87. The van der Waals surface area contributed by atoms with Crippen molar-refractivity contribution in [2.24, 2.45) is 0 Å². The maximum Gasteiger partial charge on any atom is 0.0991 e. The predicted octanol–water partition coefficient (Wildman–Crippen LogP) is 5.54. The van der Waals surface area contributed by atoms with E-state index in [2.05, 4.69) is 91.5 Å². The van der Waals surface area contributed by atoms with Gasteiger partial charge in [-0.2, -0.15) is 5.26 Å². The Balaban J connectivity index is 0.000000248. The molecule has 0 bridgehead atoms. The van der Waals surface area contributed by atoms with E-state index in [0.717, 1.165) is 31.4 Å². The molecule has 1 fully saturated rings. The van der Waals surface area contributed by atoms with Gasteiger partial charge in [0.2, 0.25) is 0 Å². The van der Waals surface area contributed by atoms with Crippen LogP contribution in [0.4, 0.5) is 0 Å². The first kappa shape index (κ1) is 28.1. The van der Waals surface area contributed by atoms with Gasteiger partial charge in [-0.15, -0.1) is 12.8 Å². The molecule has 1 atom stereocenters. The summed E-state index contributed by atoms with van der Waals surface area (Å²) >= 11 is 0. The molecule has 1 saturated heterocycles. The van der Waals surface area contributed by atoms with Gasteiger partial charge in [0.15, 0.2) is 0 Å². The Labute approximate surface area is 211 Å². The third-order valence-corrected chi connectivity index (χ3v) is 6.28. The van der Waals surface area contributed by atoms with Crippen molar-refractivity contribution in [1.29, 1.82) is 5.26 Å². The fourth-order valence-electron chi connectivity index (χ4n) is 4.49. The van der Waals surface area contributed by atoms with E-state index in [9.17, 15) is 0 Å². The number of rotatable bonds is 9. The number of hydrogen-bond acceptors (Lipinski definition) is 4. The minimum absolute atomic E-state index is 0.0555. The van der Waals surface area contributed by atoms with E-state index in [1.165, 1.54) is 41.4 Å². The third kappa shape index (κ3) is 9.19. The number of benzene rings is 3. The molecule has 0 aromatic heterocycles. The number of hydrogen-bond donors (Lipinski definition) is 2. The number of aliphatic hydroxyl groups is 1. The summed E-state index contributed by atoms with van der Waals surface area (Å²) in [6.45, 7) is 8.71. The van der Waals surface area contributed by atoms with Gasteiger partial charge in [-0.25, -0.2) is 0 Å². The normalized spacial score (nSPS) is 14.3. The van der Waals surface area contributed by atoms with Gasteiger partial charge in [0.25, 0.3) is 0 Å². The van der Waals surface area contributed by atoms with Gasteiger partial charge in [0.05, 0.1) is 18.2 Å². The Kier molecular flexibility index (Phi) is 12.0. The molecule has 3 aromatic carbocycles. The average molecular weight is 470 g/mol. The molecule has 1 heterocycles. The number of β-amino-alcohol motifs (C(OH)–C–C–N with tert-alkyl or cyclic N) is 1. The van der Waals surface area contributed by atoms with Crippen molar-refractivity contribution in [1.82, 2.24) is 10.2 Å². The van der Waals surface area contributed by atoms with Crippen LogP contribution in [0.3, 0.4) is 0 Å². The Morgan fingerprint density at radius 1 is 1.00 bits per heavy atom. The van der Waals surface area contributed by atoms with Crippen molar-refractivity contribution in [2.75, 3.05) is 26.2 Å². The minimum Gasteiger partial charge on any atom is -0.395 e. The Bertz CT molecular complexity index is 1100. The maximum atomic E-state index is 9.04. The van der Waals surface area contributed by atoms with Crippen LogP contribution in [-0.4, -0.2) is 41.8 Å². The summed E-state index contributed by atoms with van der Waals surface area (Å²) in [7, 11) is 0.